The number of hydrogen-bond acceptors (Lipinski definition) is 2. The molecule has 3 nitrogen and oxygen atoms in total. The van der Waals surface area contributed by atoms with Gasteiger partial charge in [-0.25, -0.2) is 0 Å². The zero-order valence-corrected chi connectivity index (χ0v) is 15.0. The Bertz CT molecular complexity index is 793. The van der Waals surface area contributed by atoms with Crippen molar-refractivity contribution in [1.29, 1.82) is 0 Å². The Balaban J connectivity index is 1.74. The van der Waals surface area contributed by atoms with Crippen LogP contribution in [0.1, 0.15) is 43.2 Å². The van der Waals surface area contributed by atoms with Crippen LogP contribution in [0.4, 0.5) is 0 Å². The van der Waals surface area contributed by atoms with Gasteiger partial charge in [-0.15, -0.1) is 0 Å². The van der Waals surface area contributed by atoms with E-state index < -0.39 is 5.72 Å². The molecule has 2 aromatic rings. The third-order valence-electron chi connectivity index (χ3n) is 5.78. The summed E-state index contributed by atoms with van der Waals surface area (Å²) in [4.78, 5) is 14.6. The van der Waals surface area contributed by atoms with Crippen LogP contribution in [0.25, 0.3) is 5.57 Å². The predicted molar refractivity (Wildman–Crippen MR) is 103 cm³/mol. The van der Waals surface area contributed by atoms with Gasteiger partial charge < -0.3 is 10.0 Å². The molecule has 4 rings (SSSR count). The average molecular weight is 347 g/mol. The van der Waals surface area contributed by atoms with Crippen LogP contribution in [0.3, 0.4) is 0 Å². The van der Waals surface area contributed by atoms with Gasteiger partial charge in [-0.3, -0.25) is 4.79 Å². The summed E-state index contributed by atoms with van der Waals surface area (Å²) < 4.78 is 0. The monoisotopic (exact) mass is 347 g/mol. The lowest BCUT2D eigenvalue weighted by Crippen LogP contribution is -2.53. The summed E-state index contributed by atoms with van der Waals surface area (Å²) in [6, 6.07) is 19.8. The molecular weight excluding hydrogens is 322 g/mol. The Labute approximate surface area is 155 Å². The van der Waals surface area contributed by atoms with E-state index in [9.17, 15) is 9.90 Å². The normalized spacial score (nSPS) is 24.0. The first-order valence-electron chi connectivity index (χ1n) is 9.55. The van der Waals surface area contributed by atoms with Crippen LogP contribution in [-0.4, -0.2) is 21.6 Å². The molecule has 1 aliphatic carbocycles. The minimum atomic E-state index is -1.23. The lowest BCUT2D eigenvalue weighted by molar-refractivity contribution is -0.152. The van der Waals surface area contributed by atoms with Crippen LogP contribution in [-0.2, 0) is 11.3 Å². The molecule has 1 atom stereocenters. The van der Waals surface area contributed by atoms with Crippen LogP contribution >= 0.6 is 0 Å². The summed E-state index contributed by atoms with van der Waals surface area (Å²) in [6.45, 7) is 0.430. The van der Waals surface area contributed by atoms with E-state index >= 15 is 0 Å². The molecule has 1 N–H and O–H groups in total. The lowest BCUT2D eigenvalue weighted by atomic mass is 9.76. The molecule has 1 aliphatic heterocycles. The van der Waals surface area contributed by atoms with Crippen molar-refractivity contribution < 1.29 is 9.90 Å². The van der Waals surface area contributed by atoms with E-state index in [1.165, 1.54) is 6.42 Å². The number of benzene rings is 2. The molecular formula is C23H25NO2. The average Bonchev–Trinajstić information content (AvgIpc) is 2.96. The molecule has 0 spiro atoms. The fraction of sp³-hybridized carbons (Fsp3) is 0.348. The molecule has 2 aliphatic rings. The second-order valence-corrected chi connectivity index (χ2v) is 7.40. The first kappa shape index (κ1) is 17.0. The standard InChI is InChI=1S/C23H25NO2/c25-22-16-21(19-12-6-2-7-13-19)23(26,20-14-8-3-9-15-20)24(22)17-18-10-4-1-5-11-18/h1-2,4-7,10-13,16,20,26H,3,8-9,14-15,17H2. The van der Waals surface area contributed by atoms with Gasteiger partial charge >= 0.3 is 0 Å². The Morgan fingerprint density at radius 2 is 1.54 bits per heavy atom. The second-order valence-electron chi connectivity index (χ2n) is 7.40. The minimum absolute atomic E-state index is 0.0814. The number of amides is 1. The van der Waals surface area contributed by atoms with E-state index in [4.69, 9.17) is 0 Å². The summed E-state index contributed by atoms with van der Waals surface area (Å²) in [6.07, 6.45) is 7.00. The van der Waals surface area contributed by atoms with Gasteiger partial charge in [-0.2, -0.15) is 0 Å². The maximum Gasteiger partial charge on any atom is 0.249 e. The molecule has 0 bridgehead atoms. The molecule has 1 fully saturated rings. The van der Waals surface area contributed by atoms with Crippen molar-refractivity contribution in [3.8, 4) is 0 Å². The summed E-state index contributed by atoms with van der Waals surface area (Å²) in [5, 5.41) is 12.0. The third kappa shape index (κ3) is 2.97. The molecule has 2 aromatic carbocycles. The summed E-state index contributed by atoms with van der Waals surface area (Å²) in [7, 11) is 0. The van der Waals surface area contributed by atoms with E-state index in [-0.39, 0.29) is 11.8 Å². The van der Waals surface area contributed by atoms with Gasteiger partial charge in [0.25, 0.3) is 0 Å². The van der Waals surface area contributed by atoms with Crippen LogP contribution < -0.4 is 0 Å². The van der Waals surface area contributed by atoms with Crippen molar-refractivity contribution in [3.05, 3.63) is 77.9 Å². The van der Waals surface area contributed by atoms with Crippen molar-refractivity contribution in [2.45, 2.75) is 44.4 Å². The number of nitrogens with zero attached hydrogens (tertiary/aromatic N) is 1. The Morgan fingerprint density at radius 3 is 2.19 bits per heavy atom. The zero-order chi connectivity index (χ0) is 18.0. The molecule has 1 amide bonds. The molecule has 134 valence electrons. The van der Waals surface area contributed by atoms with Gasteiger partial charge in [-0.1, -0.05) is 79.9 Å². The third-order valence-corrected chi connectivity index (χ3v) is 5.78. The van der Waals surface area contributed by atoms with Gasteiger partial charge in [0.2, 0.25) is 5.91 Å². The van der Waals surface area contributed by atoms with E-state index in [0.717, 1.165) is 42.4 Å². The zero-order valence-electron chi connectivity index (χ0n) is 15.0. The quantitative estimate of drug-likeness (QED) is 0.891. The fourth-order valence-corrected chi connectivity index (χ4v) is 4.44. The minimum Gasteiger partial charge on any atom is -0.366 e. The Hall–Kier alpha value is -2.39. The summed E-state index contributed by atoms with van der Waals surface area (Å²) in [5.74, 6) is -0.0151. The maximum absolute atomic E-state index is 12.9. The number of hydrogen-bond donors (Lipinski definition) is 1. The predicted octanol–water partition coefficient (Wildman–Crippen LogP) is 4.38. The highest BCUT2D eigenvalue weighted by Gasteiger charge is 2.51. The molecule has 1 saturated carbocycles. The number of carbonyl (C=O) groups excluding carboxylic acids is 1. The molecule has 26 heavy (non-hydrogen) atoms. The molecule has 0 radical (unpaired) electrons. The lowest BCUT2D eigenvalue weighted by Gasteiger charge is -2.44. The highest BCUT2D eigenvalue weighted by Crippen LogP contribution is 2.47. The molecule has 1 unspecified atom stereocenters. The highest BCUT2D eigenvalue weighted by molar-refractivity contribution is 6.03. The van der Waals surface area contributed by atoms with Crippen molar-refractivity contribution in [1.82, 2.24) is 4.90 Å². The number of rotatable bonds is 4. The molecule has 1 heterocycles. The van der Waals surface area contributed by atoms with Crippen molar-refractivity contribution >= 4 is 11.5 Å². The summed E-state index contributed by atoms with van der Waals surface area (Å²) >= 11 is 0. The fourth-order valence-electron chi connectivity index (χ4n) is 4.44. The Morgan fingerprint density at radius 1 is 0.923 bits per heavy atom. The van der Waals surface area contributed by atoms with Gasteiger partial charge in [0.1, 0.15) is 0 Å². The van der Waals surface area contributed by atoms with Gasteiger partial charge in [0.15, 0.2) is 5.72 Å². The van der Waals surface area contributed by atoms with Crippen LogP contribution in [0.2, 0.25) is 0 Å². The van der Waals surface area contributed by atoms with Gasteiger partial charge in [-0.05, 0) is 24.0 Å². The summed E-state index contributed by atoms with van der Waals surface area (Å²) in [5.41, 5.74) is 1.50. The van der Waals surface area contributed by atoms with Crippen LogP contribution in [0.5, 0.6) is 0 Å². The first-order chi connectivity index (χ1) is 12.7. The Kier molecular flexibility index (Phi) is 4.64. The van der Waals surface area contributed by atoms with E-state index in [2.05, 4.69) is 0 Å². The topological polar surface area (TPSA) is 40.5 Å². The van der Waals surface area contributed by atoms with E-state index in [1.54, 1.807) is 11.0 Å². The largest absolute Gasteiger partial charge is 0.366 e. The van der Waals surface area contributed by atoms with Gasteiger partial charge in [0, 0.05) is 24.1 Å². The SMILES string of the molecule is O=C1C=C(c2ccccc2)C(O)(C2CCCCC2)N1Cc1ccccc1. The van der Waals surface area contributed by atoms with Crippen molar-refractivity contribution in [3.63, 3.8) is 0 Å². The van der Waals surface area contributed by atoms with Crippen LogP contribution in [0, 0.1) is 5.92 Å². The van der Waals surface area contributed by atoms with Crippen molar-refractivity contribution in [2.75, 3.05) is 0 Å². The van der Waals surface area contributed by atoms with Crippen LogP contribution in [0.15, 0.2) is 66.7 Å². The molecule has 0 aromatic heterocycles. The van der Waals surface area contributed by atoms with Gasteiger partial charge in [0.05, 0.1) is 0 Å². The molecule has 3 heteroatoms. The molecule has 0 saturated heterocycles. The number of carbonyl (C=O) groups is 1. The first-order valence-corrected chi connectivity index (χ1v) is 9.55. The second kappa shape index (κ2) is 7.08. The van der Waals surface area contributed by atoms with E-state index in [0.29, 0.717) is 6.54 Å². The number of aliphatic hydroxyl groups is 1. The van der Waals surface area contributed by atoms with E-state index in [1.807, 2.05) is 60.7 Å². The highest BCUT2D eigenvalue weighted by atomic mass is 16.3. The smallest absolute Gasteiger partial charge is 0.249 e. The maximum atomic E-state index is 12.9. The van der Waals surface area contributed by atoms with Crippen molar-refractivity contribution in [2.24, 2.45) is 5.92 Å².